The van der Waals surface area contributed by atoms with Crippen molar-refractivity contribution in [3.63, 3.8) is 0 Å². The maximum absolute atomic E-state index is 4.41. The van der Waals surface area contributed by atoms with Gasteiger partial charge in [-0.05, 0) is 36.2 Å². The summed E-state index contributed by atoms with van der Waals surface area (Å²) in [6.07, 6.45) is 7.20. The summed E-state index contributed by atoms with van der Waals surface area (Å²) in [5.41, 5.74) is 3.39. The molecule has 2 rings (SSSR count). The van der Waals surface area contributed by atoms with E-state index in [0.29, 0.717) is 11.3 Å². The van der Waals surface area contributed by atoms with Gasteiger partial charge < -0.3 is 0 Å². The zero-order valence-corrected chi connectivity index (χ0v) is 10.4. The van der Waals surface area contributed by atoms with Crippen molar-refractivity contribution in [1.82, 2.24) is 9.78 Å². The van der Waals surface area contributed by atoms with Crippen LogP contribution >= 0.6 is 0 Å². The molecule has 0 aliphatic heterocycles. The molecule has 1 aliphatic carbocycles. The highest BCUT2D eigenvalue weighted by atomic mass is 15.3. The minimum atomic E-state index is 0.415. The number of hydrogen-bond acceptors (Lipinski definition) is 1. The fourth-order valence-electron chi connectivity index (χ4n) is 2.76. The third kappa shape index (κ3) is 1.70. The van der Waals surface area contributed by atoms with Crippen molar-refractivity contribution in [3.05, 3.63) is 17.5 Å². The Bertz CT molecular complexity index is 349. The topological polar surface area (TPSA) is 17.8 Å². The number of hydrogen-bond donors (Lipinski definition) is 0. The van der Waals surface area contributed by atoms with Gasteiger partial charge in [-0.15, -0.1) is 0 Å². The van der Waals surface area contributed by atoms with Crippen LogP contribution in [-0.4, -0.2) is 9.78 Å². The van der Waals surface area contributed by atoms with E-state index >= 15 is 0 Å². The Morgan fingerprint density at radius 1 is 1.53 bits per heavy atom. The summed E-state index contributed by atoms with van der Waals surface area (Å²) in [5.74, 6) is 0.708. The van der Waals surface area contributed by atoms with Gasteiger partial charge in [-0.2, -0.15) is 5.10 Å². The molecule has 1 aromatic rings. The van der Waals surface area contributed by atoms with Crippen molar-refractivity contribution in [1.29, 1.82) is 0 Å². The molecular formula is C13H22N2. The van der Waals surface area contributed by atoms with E-state index in [1.807, 2.05) is 0 Å². The summed E-state index contributed by atoms with van der Waals surface area (Å²) in [7, 11) is 2.07. The predicted octanol–water partition coefficient (Wildman–Crippen LogP) is 3.28. The lowest BCUT2D eigenvalue weighted by Gasteiger charge is -2.36. The highest BCUT2D eigenvalue weighted by molar-refractivity contribution is 5.27. The van der Waals surface area contributed by atoms with E-state index < -0.39 is 0 Å². The largest absolute Gasteiger partial charge is 0.272 e. The SMILES string of the molecule is CCC(C)(C)C1CCCc2c1cnn2C. The summed E-state index contributed by atoms with van der Waals surface area (Å²) < 4.78 is 2.06. The molecule has 0 saturated carbocycles. The first-order valence-corrected chi connectivity index (χ1v) is 6.07. The van der Waals surface area contributed by atoms with Gasteiger partial charge in [-0.1, -0.05) is 27.2 Å². The maximum Gasteiger partial charge on any atom is 0.0527 e. The van der Waals surface area contributed by atoms with Crippen molar-refractivity contribution in [3.8, 4) is 0 Å². The van der Waals surface area contributed by atoms with Crippen molar-refractivity contribution >= 4 is 0 Å². The molecular weight excluding hydrogens is 184 g/mol. The molecule has 0 amide bonds. The molecule has 0 spiro atoms. The van der Waals surface area contributed by atoms with Crippen LogP contribution in [0, 0.1) is 5.41 Å². The Balaban J connectivity index is 2.38. The van der Waals surface area contributed by atoms with Crippen LogP contribution < -0.4 is 0 Å². The van der Waals surface area contributed by atoms with Crippen molar-refractivity contribution in [2.75, 3.05) is 0 Å². The predicted molar refractivity (Wildman–Crippen MR) is 63.0 cm³/mol. The first-order chi connectivity index (χ1) is 7.06. The van der Waals surface area contributed by atoms with Crippen LogP contribution in [-0.2, 0) is 13.5 Å². The number of nitrogens with zero attached hydrogens (tertiary/aromatic N) is 2. The number of rotatable bonds is 2. The molecule has 2 nitrogen and oxygen atoms in total. The van der Waals surface area contributed by atoms with Gasteiger partial charge in [0.25, 0.3) is 0 Å². The van der Waals surface area contributed by atoms with Gasteiger partial charge in [-0.25, -0.2) is 0 Å². The first kappa shape index (κ1) is 10.7. The van der Waals surface area contributed by atoms with Gasteiger partial charge in [0.2, 0.25) is 0 Å². The lowest BCUT2D eigenvalue weighted by atomic mass is 9.68. The Morgan fingerprint density at radius 2 is 2.27 bits per heavy atom. The zero-order valence-electron chi connectivity index (χ0n) is 10.4. The quantitative estimate of drug-likeness (QED) is 0.726. The first-order valence-electron chi connectivity index (χ1n) is 6.07. The number of aromatic nitrogens is 2. The van der Waals surface area contributed by atoms with Gasteiger partial charge in [0.05, 0.1) is 6.20 Å². The molecule has 0 fully saturated rings. The second kappa shape index (κ2) is 3.66. The molecule has 84 valence electrons. The second-order valence-corrected chi connectivity index (χ2v) is 5.46. The molecule has 1 heterocycles. The van der Waals surface area contributed by atoms with Crippen molar-refractivity contribution < 1.29 is 0 Å². The van der Waals surface area contributed by atoms with Gasteiger partial charge in [0.1, 0.15) is 0 Å². The molecule has 1 atom stereocenters. The van der Waals surface area contributed by atoms with E-state index in [1.54, 1.807) is 0 Å². The molecule has 0 N–H and O–H groups in total. The van der Waals surface area contributed by atoms with Gasteiger partial charge in [0.15, 0.2) is 0 Å². The fraction of sp³-hybridized carbons (Fsp3) is 0.769. The summed E-state index contributed by atoms with van der Waals surface area (Å²) in [4.78, 5) is 0. The Kier molecular flexibility index (Phi) is 2.61. The molecule has 2 heteroatoms. The van der Waals surface area contributed by atoms with Crippen LogP contribution in [0.3, 0.4) is 0 Å². The lowest BCUT2D eigenvalue weighted by Crippen LogP contribution is -2.25. The van der Waals surface area contributed by atoms with E-state index in [-0.39, 0.29) is 0 Å². The summed E-state index contributed by atoms with van der Waals surface area (Å²) in [5, 5.41) is 4.41. The fourth-order valence-corrected chi connectivity index (χ4v) is 2.76. The average Bonchev–Trinajstić information content (AvgIpc) is 2.60. The molecule has 0 saturated heterocycles. The standard InChI is InChI=1S/C13H22N2/c1-5-13(2,3)11-7-6-8-12-10(11)9-14-15(12)4/h9,11H,5-8H2,1-4H3. The summed E-state index contributed by atoms with van der Waals surface area (Å²) in [6.45, 7) is 7.07. The molecule has 1 aliphatic rings. The van der Waals surface area contributed by atoms with Crippen LogP contribution in [0.5, 0.6) is 0 Å². The molecule has 15 heavy (non-hydrogen) atoms. The van der Waals surface area contributed by atoms with Crippen LogP contribution in [0.2, 0.25) is 0 Å². The van der Waals surface area contributed by atoms with Crippen LogP contribution in [0.15, 0.2) is 6.20 Å². The second-order valence-electron chi connectivity index (χ2n) is 5.46. The van der Waals surface area contributed by atoms with Gasteiger partial charge >= 0.3 is 0 Å². The van der Waals surface area contributed by atoms with Gasteiger partial charge in [0, 0.05) is 12.7 Å². The Hall–Kier alpha value is -0.790. The zero-order chi connectivity index (χ0) is 11.1. The van der Waals surface area contributed by atoms with Crippen LogP contribution in [0.25, 0.3) is 0 Å². The molecule has 1 unspecified atom stereocenters. The van der Waals surface area contributed by atoms with E-state index in [4.69, 9.17) is 0 Å². The highest BCUT2D eigenvalue weighted by Crippen LogP contribution is 2.45. The summed E-state index contributed by atoms with van der Waals surface area (Å²) >= 11 is 0. The smallest absolute Gasteiger partial charge is 0.0527 e. The van der Waals surface area contributed by atoms with Crippen LogP contribution in [0.4, 0.5) is 0 Å². The average molecular weight is 206 g/mol. The van der Waals surface area contributed by atoms with E-state index in [9.17, 15) is 0 Å². The van der Waals surface area contributed by atoms with E-state index in [0.717, 1.165) is 0 Å². The minimum Gasteiger partial charge on any atom is -0.272 e. The van der Waals surface area contributed by atoms with E-state index in [2.05, 4.69) is 43.8 Å². The lowest BCUT2D eigenvalue weighted by molar-refractivity contribution is 0.248. The number of fused-ring (bicyclic) bond motifs is 1. The summed E-state index contributed by atoms with van der Waals surface area (Å²) in [6, 6.07) is 0. The van der Waals surface area contributed by atoms with Crippen LogP contribution in [0.1, 0.15) is 57.2 Å². The third-order valence-corrected chi connectivity index (χ3v) is 4.23. The van der Waals surface area contributed by atoms with Crippen molar-refractivity contribution in [2.45, 2.75) is 52.4 Å². The molecule has 0 radical (unpaired) electrons. The maximum atomic E-state index is 4.41. The molecule has 1 aromatic heterocycles. The monoisotopic (exact) mass is 206 g/mol. The molecule has 0 bridgehead atoms. The third-order valence-electron chi connectivity index (χ3n) is 4.23. The van der Waals surface area contributed by atoms with E-state index in [1.165, 1.54) is 36.9 Å². The van der Waals surface area contributed by atoms with Crippen molar-refractivity contribution in [2.24, 2.45) is 12.5 Å². The van der Waals surface area contributed by atoms with Gasteiger partial charge in [-0.3, -0.25) is 4.68 Å². The Labute approximate surface area is 92.7 Å². The molecule has 0 aromatic carbocycles. The normalized spacial score (nSPS) is 21.5. The highest BCUT2D eigenvalue weighted by Gasteiger charge is 2.34. The minimum absolute atomic E-state index is 0.415. The Morgan fingerprint density at radius 3 is 2.93 bits per heavy atom. The number of aryl methyl sites for hydroxylation is 1.